The molecule has 2 aromatic heterocycles. The van der Waals surface area contributed by atoms with Gasteiger partial charge in [0.2, 0.25) is 0 Å². The summed E-state index contributed by atoms with van der Waals surface area (Å²) >= 11 is 0. The molecule has 122 valence electrons. The third-order valence-electron chi connectivity index (χ3n) is 3.28. The summed E-state index contributed by atoms with van der Waals surface area (Å²) in [5.41, 5.74) is 1.56. The first-order chi connectivity index (χ1) is 11.7. The number of furan rings is 1. The average Bonchev–Trinajstić information content (AvgIpc) is 3.14. The number of carbonyl (C=O) groups is 1. The fraction of sp³-hybridized carbons (Fsp3) is 0.111. The molecule has 0 fully saturated rings. The first kappa shape index (κ1) is 15.7. The Morgan fingerprint density at radius 3 is 2.88 bits per heavy atom. The van der Waals surface area contributed by atoms with Gasteiger partial charge in [0.15, 0.2) is 23.9 Å². The van der Waals surface area contributed by atoms with Crippen LogP contribution in [0.5, 0.6) is 5.75 Å². The molecular weight excluding hydrogens is 311 g/mol. The summed E-state index contributed by atoms with van der Waals surface area (Å²) in [6.45, 7) is 0.0623. The van der Waals surface area contributed by atoms with Gasteiger partial charge in [-0.3, -0.25) is 9.78 Å². The lowest BCUT2D eigenvalue weighted by molar-refractivity contribution is -0.123. The second-order valence-electron chi connectivity index (χ2n) is 5.02. The molecule has 0 aliphatic carbocycles. The molecule has 24 heavy (non-hydrogen) atoms. The van der Waals surface area contributed by atoms with Crippen molar-refractivity contribution in [2.24, 2.45) is 0 Å². The number of nitrogens with one attached hydrogen (secondary N) is 1. The fourth-order valence-electron chi connectivity index (χ4n) is 2.10. The van der Waals surface area contributed by atoms with Crippen LogP contribution in [-0.4, -0.2) is 17.5 Å². The van der Waals surface area contributed by atoms with Crippen molar-refractivity contribution in [1.29, 1.82) is 0 Å². The number of hydrogen-bond donors (Lipinski definition) is 1. The fourth-order valence-corrected chi connectivity index (χ4v) is 2.10. The maximum atomic E-state index is 13.4. The summed E-state index contributed by atoms with van der Waals surface area (Å²) in [6, 6.07) is 13.2. The molecule has 2 heterocycles. The summed E-state index contributed by atoms with van der Waals surface area (Å²) in [4.78, 5) is 16.0. The van der Waals surface area contributed by atoms with Crippen molar-refractivity contribution in [1.82, 2.24) is 10.3 Å². The Morgan fingerprint density at radius 2 is 2.08 bits per heavy atom. The molecule has 0 atom stereocenters. The smallest absolute Gasteiger partial charge is 0.258 e. The molecule has 5 nitrogen and oxygen atoms in total. The van der Waals surface area contributed by atoms with Gasteiger partial charge in [0, 0.05) is 12.7 Å². The molecule has 0 saturated carbocycles. The summed E-state index contributed by atoms with van der Waals surface area (Å²) < 4.78 is 23.8. The third-order valence-corrected chi connectivity index (χ3v) is 3.28. The number of carbonyl (C=O) groups excluding carboxylic acids is 1. The molecule has 0 aliphatic heterocycles. The van der Waals surface area contributed by atoms with E-state index in [4.69, 9.17) is 9.15 Å². The van der Waals surface area contributed by atoms with E-state index in [-0.39, 0.29) is 18.3 Å². The monoisotopic (exact) mass is 326 g/mol. The molecule has 0 saturated heterocycles. The maximum Gasteiger partial charge on any atom is 0.258 e. The third kappa shape index (κ3) is 3.98. The van der Waals surface area contributed by atoms with Crippen LogP contribution >= 0.6 is 0 Å². The van der Waals surface area contributed by atoms with Gasteiger partial charge in [-0.05, 0) is 42.0 Å². The van der Waals surface area contributed by atoms with Gasteiger partial charge in [-0.25, -0.2) is 4.39 Å². The standard InChI is InChI=1S/C18H15FN2O3/c19-14-4-1-2-5-16(14)24-12-18(22)21-11-13-7-8-20-15(10-13)17-6-3-9-23-17/h1-10H,11-12H2,(H,21,22). The van der Waals surface area contributed by atoms with Crippen molar-refractivity contribution in [3.63, 3.8) is 0 Å². The summed E-state index contributed by atoms with van der Waals surface area (Å²) in [5, 5.41) is 2.72. The van der Waals surface area contributed by atoms with Gasteiger partial charge in [-0.15, -0.1) is 0 Å². The van der Waals surface area contributed by atoms with Gasteiger partial charge in [-0.1, -0.05) is 12.1 Å². The van der Waals surface area contributed by atoms with E-state index in [9.17, 15) is 9.18 Å². The first-order valence-electron chi connectivity index (χ1n) is 7.35. The minimum atomic E-state index is -0.498. The van der Waals surface area contributed by atoms with Crippen molar-refractivity contribution in [3.8, 4) is 17.2 Å². The number of nitrogens with zero attached hydrogens (tertiary/aromatic N) is 1. The zero-order valence-electron chi connectivity index (χ0n) is 12.7. The Balaban J connectivity index is 1.53. The summed E-state index contributed by atoms with van der Waals surface area (Å²) in [7, 11) is 0. The number of rotatable bonds is 6. The lowest BCUT2D eigenvalue weighted by Gasteiger charge is -2.08. The number of amides is 1. The zero-order valence-corrected chi connectivity index (χ0v) is 12.7. The lowest BCUT2D eigenvalue weighted by Crippen LogP contribution is -2.28. The molecule has 0 aliphatic rings. The molecule has 1 N–H and O–H groups in total. The van der Waals surface area contributed by atoms with Crippen LogP contribution in [0.1, 0.15) is 5.56 Å². The second-order valence-corrected chi connectivity index (χ2v) is 5.02. The zero-order chi connectivity index (χ0) is 16.8. The number of aromatic nitrogens is 1. The second kappa shape index (κ2) is 7.41. The number of para-hydroxylation sites is 1. The number of benzene rings is 1. The van der Waals surface area contributed by atoms with E-state index in [1.807, 2.05) is 12.1 Å². The van der Waals surface area contributed by atoms with Gasteiger partial charge < -0.3 is 14.5 Å². The van der Waals surface area contributed by atoms with E-state index in [1.165, 1.54) is 12.1 Å². The highest BCUT2D eigenvalue weighted by molar-refractivity contribution is 5.77. The van der Waals surface area contributed by atoms with Crippen LogP contribution in [0.3, 0.4) is 0 Å². The van der Waals surface area contributed by atoms with Gasteiger partial charge in [0.1, 0.15) is 5.69 Å². The Labute approximate surface area is 138 Å². The van der Waals surface area contributed by atoms with E-state index in [0.29, 0.717) is 18.0 Å². The van der Waals surface area contributed by atoms with E-state index >= 15 is 0 Å². The average molecular weight is 326 g/mol. The highest BCUT2D eigenvalue weighted by Gasteiger charge is 2.07. The minimum absolute atomic E-state index is 0.0525. The van der Waals surface area contributed by atoms with Crippen LogP contribution in [0.2, 0.25) is 0 Å². The quantitative estimate of drug-likeness (QED) is 0.756. The predicted molar refractivity (Wildman–Crippen MR) is 85.7 cm³/mol. The number of halogens is 1. The molecule has 1 aromatic carbocycles. The number of hydrogen-bond acceptors (Lipinski definition) is 4. The van der Waals surface area contributed by atoms with Gasteiger partial charge in [0.25, 0.3) is 5.91 Å². The molecule has 1 amide bonds. The predicted octanol–water partition coefficient (Wildman–Crippen LogP) is 3.18. The van der Waals surface area contributed by atoms with Crippen molar-refractivity contribution in [2.75, 3.05) is 6.61 Å². The molecule has 0 bridgehead atoms. The van der Waals surface area contributed by atoms with Crippen molar-refractivity contribution in [2.45, 2.75) is 6.54 Å². The summed E-state index contributed by atoms with van der Waals surface area (Å²) in [5.74, 6) is -0.125. The van der Waals surface area contributed by atoms with Crippen LogP contribution < -0.4 is 10.1 Å². The number of pyridine rings is 1. The SMILES string of the molecule is O=C(COc1ccccc1F)NCc1ccnc(-c2ccco2)c1. The number of ether oxygens (including phenoxy) is 1. The van der Waals surface area contributed by atoms with Gasteiger partial charge >= 0.3 is 0 Å². The van der Waals surface area contributed by atoms with E-state index < -0.39 is 5.82 Å². The van der Waals surface area contributed by atoms with Gasteiger partial charge in [-0.2, -0.15) is 0 Å². The molecule has 3 aromatic rings. The van der Waals surface area contributed by atoms with Crippen molar-refractivity contribution >= 4 is 5.91 Å². The van der Waals surface area contributed by atoms with Crippen molar-refractivity contribution in [3.05, 3.63) is 72.4 Å². The Hall–Kier alpha value is -3.15. The molecular formula is C18H15FN2O3. The Morgan fingerprint density at radius 1 is 1.21 bits per heavy atom. The van der Waals surface area contributed by atoms with Crippen LogP contribution in [-0.2, 0) is 11.3 Å². The largest absolute Gasteiger partial charge is 0.481 e. The van der Waals surface area contributed by atoms with Gasteiger partial charge in [0.05, 0.1) is 6.26 Å². The minimum Gasteiger partial charge on any atom is -0.481 e. The molecule has 3 rings (SSSR count). The first-order valence-corrected chi connectivity index (χ1v) is 7.35. The highest BCUT2D eigenvalue weighted by Crippen LogP contribution is 2.18. The van der Waals surface area contributed by atoms with E-state index in [2.05, 4.69) is 10.3 Å². The molecule has 0 spiro atoms. The van der Waals surface area contributed by atoms with Crippen LogP contribution in [0.4, 0.5) is 4.39 Å². The Bertz CT molecular complexity index is 819. The molecule has 0 unspecified atom stereocenters. The lowest BCUT2D eigenvalue weighted by atomic mass is 10.2. The normalized spacial score (nSPS) is 10.4. The molecule has 0 radical (unpaired) electrons. The van der Waals surface area contributed by atoms with Crippen LogP contribution in [0.25, 0.3) is 11.5 Å². The van der Waals surface area contributed by atoms with E-state index in [0.717, 1.165) is 5.56 Å². The van der Waals surface area contributed by atoms with Crippen LogP contribution in [0.15, 0.2) is 65.4 Å². The maximum absolute atomic E-state index is 13.4. The van der Waals surface area contributed by atoms with Crippen molar-refractivity contribution < 1.29 is 18.3 Å². The van der Waals surface area contributed by atoms with Crippen LogP contribution in [0, 0.1) is 5.82 Å². The highest BCUT2D eigenvalue weighted by atomic mass is 19.1. The van der Waals surface area contributed by atoms with E-state index in [1.54, 1.807) is 36.7 Å². The summed E-state index contributed by atoms with van der Waals surface area (Å²) in [6.07, 6.45) is 3.22. The molecule has 6 heteroatoms. The topological polar surface area (TPSA) is 64.4 Å². The Kier molecular flexibility index (Phi) is 4.86.